The molecular weight excluding hydrogens is 312 g/mol. The summed E-state index contributed by atoms with van der Waals surface area (Å²) in [6.07, 6.45) is 3.87. The van der Waals surface area contributed by atoms with E-state index in [9.17, 15) is 13.2 Å². The zero-order valence-corrected chi connectivity index (χ0v) is 14.2. The fourth-order valence-corrected chi connectivity index (χ4v) is 4.43. The Morgan fingerprint density at radius 2 is 1.52 bits per heavy atom. The van der Waals surface area contributed by atoms with E-state index >= 15 is 0 Å². The van der Waals surface area contributed by atoms with Crippen LogP contribution in [0.4, 0.5) is 0 Å². The molecule has 6 heteroatoms. The van der Waals surface area contributed by atoms with Gasteiger partial charge in [0, 0.05) is 25.2 Å². The van der Waals surface area contributed by atoms with Crippen molar-refractivity contribution in [3.05, 3.63) is 35.4 Å². The summed E-state index contributed by atoms with van der Waals surface area (Å²) in [5.74, 6) is 0.0850. The van der Waals surface area contributed by atoms with Crippen molar-refractivity contribution in [1.82, 2.24) is 9.80 Å². The summed E-state index contributed by atoms with van der Waals surface area (Å²) in [5, 5.41) is 0. The van der Waals surface area contributed by atoms with E-state index in [1.165, 1.54) is 24.8 Å². The van der Waals surface area contributed by atoms with Crippen molar-refractivity contribution in [3.8, 4) is 0 Å². The lowest BCUT2D eigenvalue weighted by Gasteiger charge is -2.27. The largest absolute Gasteiger partial charge is 0.337 e. The molecule has 5 nitrogen and oxygen atoms in total. The summed E-state index contributed by atoms with van der Waals surface area (Å²) >= 11 is 0. The normalized spacial score (nSPS) is 22.0. The molecule has 0 bridgehead atoms. The van der Waals surface area contributed by atoms with Crippen LogP contribution in [0.25, 0.3) is 0 Å². The molecule has 3 rings (SSSR count). The van der Waals surface area contributed by atoms with Crippen LogP contribution in [-0.2, 0) is 16.4 Å². The molecule has 1 aromatic rings. The number of benzene rings is 1. The minimum atomic E-state index is -2.95. The minimum Gasteiger partial charge on any atom is -0.337 e. The molecule has 126 valence electrons. The number of likely N-dealkylation sites (tertiary alicyclic amines) is 1. The average Bonchev–Trinajstić information content (AvgIpc) is 2.56. The van der Waals surface area contributed by atoms with Crippen LogP contribution in [0.2, 0.25) is 0 Å². The molecule has 0 radical (unpaired) electrons. The molecule has 0 unspecified atom stereocenters. The van der Waals surface area contributed by atoms with Crippen molar-refractivity contribution < 1.29 is 13.2 Å². The van der Waals surface area contributed by atoms with Gasteiger partial charge in [0.25, 0.3) is 5.91 Å². The molecule has 2 aliphatic rings. The van der Waals surface area contributed by atoms with Gasteiger partial charge in [0.05, 0.1) is 11.5 Å². The first-order valence-electron chi connectivity index (χ1n) is 8.34. The first-order valence-corrected chi connectivity index (χ1v) is 10.2. The molecule has 0 atom stereocenters. The standard InChI is InChI=1S/C17H24N2O3S/c20-17(19-10-12-23(21,22)13-11-19)16-6-4-15(5-7-16)14-18-8-2-1-3-9-18/h4-7H,1-3,8-14H2. The molecule has 0 spiro atoms. The highest BCUT2D eigenvalue weighted by Crippen LogP contribution is 2.15. The van der Waals surface area contributed by atoms with Crippen LogP contribution in [-0.4, -0.2) is 61.8 Å². The van der Waals surface area contributed by atoms with Crippen LogP contribution in [0, 0.1) is 0 Å². The van der Waals surface area contributed by atoms with E-state index in [4.69, 9.17) is 0 Å². The Morgan fingerprint density at radius 3 is 2.13 bits per heavy atom. The Balaban J connectivity index is 1.59. The SMILES string of the molecule is O=C(c1ccc(CN2CCCCC2)cc1)N1CCS(=O)(=O)CC1. The molecule has 0 N–H and O–H groups in total. The predicted octanol–water partition coefficient (Wildman–Crippen LogP) is 1.54. The molecule has 1 amide bonds. The lowest BCUT2D eigenvalue weighted by atomic mass is 10.1. The molecule has 0 saturated carbocycles. The minimum absolute atomic E-state index is 0.0653. The van der Waals surface area contributed by atoms with Gasteiger partial charge in [0.1, 0.15) is 0 Å². The molecule has 0 aliphatic carbocycles. The maximum atomic E-state index is 12.4. The van der Waals surface area contributed by atoms with Crippen molar-refractivity contribution >= 4 is 15.7 Å². The Hall–Kier alpha value is -1.40. The summed E-state index contributed by atoms with van der Waals surface area (Å²) in [7, 11) is -2.95. The lowest BCUT2D eigenvalue weighted by Crippen LogP contribution is -2.43. The predicted molar refractivity (Wildman–Crippen MR) is 90.1 cm³/mol. The molecular formula is C17H24N2O3S. The summed E-state index contributed by atoms with van der Waals surface area (Å²) in [5.41, 5.74) is 1.87. The van der Waals surface area contributed by atoms with Crippen LogP contribution >= 0.6 is 0 Å². The van der Waals surface area contributed by atoms with Gasteiger partial charge in [-0.25, -0.2) is 8.42 Å². The van der Waals surface area contributed by atoms with E-state index in [2.05, 4.69) is 4.90 Å². The average molecular weight is 336 g/mol. The smallest absolute Gasteiger partial charge is 0.253 e. The molecule has 0 aromatic heterocycles. The van der Waals surface area contributed by atoms with Crippen LogP contribution in [0.15, 0.2) is 24.3 Å². The third kappa shape index (κ3) is 4.32. The van der Waals surface area contributed by atoms with Crippen molar-refractivity contribution in [2.24, 2.45) is 0 Å². The molecule has 2 heterocycles. The highest BCUT2D eigenvalue weighted by atomic mass is 32.2. The summed E-state index contributed by atoms with van der Waals surface area (Å²) in [4.78, 5) is 16.5. The Bertz CT molecular complexity index is 635. The molecule has 2 fully saturated rings. The second kappa shape index (κ2) is 7.01. The molecule has 1 aromatic carbocycles. The van der Waals surface area contributed by atoms with E-state index in [0.29, 0.717) is 18.7 Å². The van der Waals surface area contributed by atoms with Gasteiger partial charge in [-0.3, -0.25) is 9.69 Å². The third-order valence-electron chi connectivity index (χ3n) is 4.69. The first-order chi connectivity index (χ1) is 11.0. The van der Waals surface area contributed by atoms with Gasteiger partial charge in [0.15, 0.2) is 9.84 Å². The summed E-state index contributed by atoms with van der Waals surface area (Å²) in [6.45, 7) is 3.86. The highest BCUT2D eigenvalue weighted by Gasteiger charge is 2.25. The molecule has 23 heavy (non-hydrogen) atoms. The summed E-state index contributed by atoms with van der Waals surface area (Å²) < 4.78 is 22.9. The van der Waals surface area contributed by atoms with E-state index in [-0.39, 0.29) is 17.4 Å². The second-order valence-electron chi connectivity index (χ2n) is 6.48. The van der Waals surface area contributed by atoms with Crippen molar-refractivity contribution in [3.63, 3.8) is 0 Å². The topological polar surface area (TPSA) is 57.7 Å². The van der Waals surface area contributed by atoms with Gasteiger partial charge in [0.2, 0.25) is 0 Å². The fraction of sp³-hybridized carbons (Fsp3) is 0.588. The first kappa shape index (κ1) is 16.5. The van der Waals surface area contributed by atoms with Crippen LogP contribution < -0.4 is 0 Å². The zero-order chi connectivity index (χ0) is 16.3. The van der Waals surface area contributed by atoms with Crippen molar-refractivity contribution in [2.45, 2.75) is 25.8 Å². The maximum absolute atomic E-state index is 12.4. The second-order valence-corrected chi connectivity index (χ2v) is 8.78. The number of rotatable bonds is 3. The molecule has 2 saturated heterocycles. The van der Waals surface area contributed by atoms with Crippen LogP contribution in [0.1, 0.15) is 35.2 Å². The highest BCUT2D eigenvalue weighted by molar-refractivity contribution is 7.91. The lowest BCUT2D eigenvalue weighted by molar-refractivity contribution is 0.0770. The molecule has 2 aliphatic heterocycles. The van der Waals surface area contributed by atoms with Gasteiger partial charge in [-0.05, 0) is 43.6 Å². The summed E-state index contributed by atoms with van der Waals surface area (Å²) in [6, 6.07) is 7.76. The monoisotopic (exact) mass is 336 g/mol. The Labute approximate surface area is 138 Å². The Kier molecular flexibility index (Phi) is 5.02. The van der Waals surface area contributed by atoms with Gasteiger partial charge in [-0.1, -0.05) is 18.6 Å². The van der Waals surface area contributed by atoms with Gasteiger partial charge < -0.3 is 4.90 Å². The maximum Gasteiger partial charge on any atom is 0.253 e. The van der Waals surface area contributed by atoms with E-state index in [0.717, 1.165) is 19.6 Å². The number of sulfone groups is 1. The van der Waals surface area contributed by atoms with Gasteiger partial charge in [-0.15, -0.1) is 0 Å². The fourth-order valence-electron chi connectivity index (χ4n) is 3.23. The van der Waals surface area contributed by atoms with Crippen LogP contribution in [0.5, 0.6) is 0 Å². The number of carbonyl (C=O) groups is 1. The van der Waals surface area contributed by atoms with Gasteiger partial charge >= 0.3 is 0 Å². The van der Waals surface area contributed by atoms with Crippen LogP contribution in [0.3, 0.4) is 0 Å². The van der Waals surface area contributed by atoms with E-state index in [1.54, 1.807) is 4.90 Å². The number of hydrogen-bond acceptors (Lipinski definition) is 4. The van der Waals surface area contributed by atoms with Crippen molar-refractivity contribution in [1.29, 1.82) is 0 Å². The third-order valence-corrected chi connectivity index (χ3v) is 6.30. The number of amides is 1. The van der Waals surface area contributed by atoms with E-state index < -0.39 is 9.84 Å². The number of piperidine rings is 1. The quantitative estimate of drug-likeness (QED) is 0.840. The number of hydrogen-bond donors (Lipinski definition) is 0. The number of carbonyl (C=O) groups excluding carboxylic acids is 1. The number of nitrogens with zero attached hydrogens (tertiary/aromatic N) is 2. The zero-order valence-electron chi connectivity index (χ0n) is 13.4. The van der Waals surface area contributed by atoms with Gasteiger partial charge in [-0.2, -0.15) is 0 Å². The van der Waals surface area contributed by atoms with E-state index in [1.807, 2.05) is 24.3 Å². The Morgan fingerprint density at radius 1 is 0.913 bits per heavy atom. The van der Waals surface area contributed by atoms with Crippen molar-refractivity contribution in [2.75, 3.05) is 37.7 Å².